The molecule has 0 atom stereocenters. The predicted octanol–water partition coefficient (Wildman–Crippen LogP) is 1.59. The number of anilines is 2. The molecule has 1 aliphatic rings. The molecule has 1 aromatic carbocycles. The van der Waals surface area contributed by atoms with Crippen LogP contribution in [0.15, 0.2) is 36.8 Å². The van der Waals surface area contributed by atoms with Crippen molar-refractivity contribution in [1.82, 2.24) is 14.9 Å². The predicted molar refractivity (Wildman–Crippen MR) is 83.0 cm³/mol. The van der Waals surface area contributed by atoms with Crippen molar-refractivity contribution in [3.63, 3.8) is 0 Å². The lowest BCUT2D eigenvalue weighted by atomic mass is 10.2. The molecule has 3 amide bonds. The lowest BCUT2D eigenvalue weighted by molar-refractivity contribution is 0.101. The number of amides is 3. The summed E-state index contributed by atoms with van der Waals surface area (Å²) in [7, 11) is 1.76. The van der Waals surface area contributed by atoms with Crippen LogP contribution in [-0.4, -0.2) is 34.6 Å². The van der Waals surface area contributed by atoms with Gasteiger partial charge < -0.3 is 15.2 Å². The molecule has 0 bridgehead atoms. The van der Waals surface area contributed by atoms with Gasteiger partial charge >= 0.3 is 6.03 Å². The van der Waals surface area contributed by atoms with E-state index in [2.05, 4.69) is 15.6 Å². The van der Waals surface area contributed by atoms with Gasteiger partial charge in [0.15, 0.2) is 0 Å². The number of nitrogens with zero attached hydrogens (tertiary/aromatic N) is 3. The summed E-state index contributed by atoms with van der Waals surface area (Å²) < 4.78 is 1.65. The zero-order chi connectivity index (χ0) is 15.5. The third-order valence-electron chi connectivity index (χ3n) is 3.54. The molecule has 1 aromatic heterocycles. The Bertz CT molecular complexity index is 709. The van der Waals surface area contributed by atoms with Gasteiger partial charge in [-0.2, -0.15) is 0 Å². The van der Waals surface area contributed by atoms with E-state index in [4.69, 9.17) is 0 Å². The van der Waals surface area contributed by atoms with Crippen molar-refractivity contribution in [2.45, 2.75) is 6.42 Å². The van der Waals surface area contributed by atoms with Gasteiger partial charge in [0.25, 0.3) is 5.91 Å². The van der Waals surface area contributed by atoms with Gasteiger partial charge in [-0.05, 0) is 24.6 Å². The van der Waals surface area contributed by atoms with Crippen molar-refractivity contribution < 1.29 is 9.59 Å². The smallest absolute Gasteiger partial charge is 0.321 e. The minimum Gasteiger partial charge on any atom is -0.338 e. The second-order valence-corrected chi connectivity index (χ2v) is 5.13. The summed E-state index contributed by atoms with van der Waals surface area (Å²) in [4.78, 5) is 29.7. The third kappa shape index (κ3) is 2.78. The summed E-state index contributed by atoms with van der Waals surface area (Å²) in [6.07, 6.45) is 3.98. The molecule has 114 valence electrons. The highest BCUT2D eigenvalue weighted by Crippen LogP contribution is 2.21. The molecular weight excluding hydrogens is 282 g/mol. The van der Waals surface area contributed by atoms with E-state index in [-0.39, 0.29) is 11.9 Å². The zero-order valence-corrected chi connectivity index (χ0v) is 12.2. The molecule has 0 saturated carbocycles. The number of nitrogens with one attached hydrogen (secondary N) is 2. The quantitative estimate of drug-likeness (QED) is 0.903. The molecule has 0 spiro atoms. The topological polar surface area (TPSA) is 79.3 Å². The highest BCUT2D eigenvalue weighted by atomic mass is 16.2. The molecule has 0 radical (unpaired) electrons. The van der Waals surface area contributed by atoms with Gasteiger partial charge in [0.05, 0.1) is 12.5 Å². The minimum absolute atomic E-state index is 0.110. The summed E-state index contributed by atoms with van der Waals surface area (Å²) in [6.45, 7) is 1.37. The van der Waals surface area contributed by atoms with Crippen molar-refractivity contribution >= 4 is 23.3 Å². The number of aryl methyl sites for hydroxylation is 1. The highest BCUT2D eigenvalue weighted by Gasteiger charge is 2.19. The molecule has 1 saturated heterocycles. The average molecular weight is 299 g/mol. The maximum Gasteiger partial charge on any atom is 0.321 e. The Morgan fingerprint density at radius 2 is 2.27 bits per heavy atom. The van der Waals surface area contributed by atoms with E-state index >= 15 is 0 Å². The summed E-state index contributed by atoms with van der Waals surface area (Å²) in [6, 6.07) is 7.14. The Balaban J connectivity index is 1.78. The second-order valence-electron chi connectivity index (χ2n) is 5.13. The number of rotatable bonds is 3. The Morgan fingerprint density at radius 3 is 3.00 bits per heavy atom. The largest absolute Gasteiger partial charge is 0.338 e. The SMILES string of the molecule is Cn1cncc1C(=O)Nc1cccc(N2CCCNC2=O)c1. The molecule has 2 N–H and O–H groups in total. The lowest BCUT2D eigenvalue weighted by Gasteiger charge is -2.27. The zero-order valence-electron chi connectivity index (χ0n) is 12.2. The number of carbonyl (C=O) groups excluding carboxylic acids is 2. The first kappa shape index (κ1) is 14.1. The van der Waals surface area contributed by atoms with E-state index in [1.165, 1.54) is 6.20 Å². The van der Waals surface area contributed by atoms with E-state index in [0.29, 0.717) is 24.5 Å². The van der Waals surface area contributed by atoms with Gasteiger partial charge in [-0.15, -0.1) is 0 Å². The molecule has 1 fully saturated rings. The molecule has 22 heavy (non-hydrogen) atoms. The highest BCUT2D eigenvalue weighted by molar-refractivity contribution is 6.03. The van der Waals surface area contributed by atoms with Gasteiger partial charge in [0.1, 0.15) is 5.69 Å². The molecule has 1 aliphatic heterocycles. The van der Waals surface area contributed by atoms with Crippen LogP contribution in [0.5, 0.6) is 0 Å². The molecule has 7 nitrogen and oxygen atoms in total. The van der Waals surface area contributed by atoms with E-state index in [0.717, 1.165) is 12.1 Å². The van der Waals surface area contributed by atoms with Gasteiger partial charge in [-0.3, -0.25) is 9.69 Å². The van der Waals surface area contributed by atoms with E-state index in [1.54, 1.807) is 35.0 Å². The summed E-state index contributed by atoms with van der Waals surface area (Å²) in [5.41, 5.74) is 1.88. The Labute approximate surface area is 127 Å². The van der Waals surface area contributed by atoms with E-state index in [9.17, 15) is 9.59 Å². The summed E-state index contributed by atoms with van der Waals surface area (Å²) >= 11 is 0. The van der Waals surface area contributed by atoms with Gasteiger partial charge in [0, 0.05) is 31.5 Å². The van der Waals surface area contributed by atoms with Crippen molar-refractivity contribution in [1.29, 1.82) is 0 Å². The van der Waals surface area contributed by atoms with Crippen LogP contribution in [0.3, 0.4) is 0 Å². The molecule has 0 aliphatic carbocycles. The summed E-state index contributed by atoms with van der Waals surface area (Å²) in [5.74, 6) is -0.236. The van der Waals surface area contributed by atoms with E-state index < -0.39 is 0 Å². The van der Waals surface area contributed by atoms with E-state index in [1.807, 2.05) is 12.1 Å². The lowest BCUT2D eigenvalue weighted by Crippen LogP contribution is -2.46. The molecule has 2 aromatic rings. The first-order chi connectivity index (χ1) is 10.6. The minimum atomic E-state index is -0.236. The van der Waals surface area contributed by atoms with Crippen LogP contribution in [-0.2, 0) is 7.05 Å². The first-order valence-electron chi connectivity index (χ1n) is 7.08. The number of aromatic nitrogens is 2. The van der Waals surface area contributed by atoms with Gasteiger partial charge in [-0.1, -0.05) is 6.07 Å². The van der Waals surface area contributed by atoms with Crippen molar-refractivity contribution in [2.75, 3.05) is 23.3 Å². The van der Waals surface area contributed by atoms with Crippen LogP contribution in [0.4, 0.5) is 16.2 Å². The normalized spacial score (nSPS) is 14.6. The average Bonchev–Trinajstić information content (AvgIpc) is 2.94. The van der Waals surface area contributed by atoms with Crippen LogP contribution < -0.4 is 15.5 Å². The van der Waals surface area contributed by atoms with Crippen LogP contribution in [0, 0.1) is 0 Å². The standard InChI is InChI=1S/C15H17N5O2/c1-19-10-16-9-13(19)14(21)18-11-4-2-5-12(8-11)20-7-3-6-17-15(20)22/h2,4-5,8-10H,3,6-7H2,1H3,(H,17,22)(H,18,21). The van der Waals surface area contributed by atoms with Crippen molar-refractivity contribution in [3.05, 3.63) is 42.5 Å². The maximum atomic E-state index is 12.2. The number of imidazole rings is 1. The number of carbonyl (C=O) groups is 2. The fourth-order valence-corrected chi connectivity index (χ4v) is 2.40. The molecule has 2 heterocycles. The fraction of sp³-hybridized carbons (Fsp3) is 0.267. The number of benzene rings is 1. The van der Waals surface area contributed by atoms with Crippen molar-refractivity contribution in [3.8, 4) is 0 Å². The number of hydrogen-bond donors (Lipinski definition) is 2. The van der Waals surface area contributed by atoms with Crippen LogP contribution in [0.25, 0.3) is 0 Å². The first-order valence-corrected chi connectivity index (χ1v) is 7.08. The monoisotopic (exact) mass is 299 g/mol. The number of urea groups is 1. The number of hydrogen-bond acceptors (Lipinski definition) is 3. The molecule has 7 heteroatoms. The maximum absolute atomic E-state index is 12.2. The summed E-state index contributed by atoms with van der Waals surface area (Å²) in [5, 5.41) is 5.63. The van der Waals surface area contributed by atoms with Crippen LogP contribution in [0.2, 0.25) is 0 Å². The Hall–Kier alpha value is -2.83. The fourth-order valence-electron chi connectivity index (χ4n) is 2.40. The molecule has 3 rings (SSSR count). The van der Waals surface area contributed by atoms with Gasteiger partial charge in [0.2, 0.25) is 0 Å². The third-order valence-corrected chi connectivity index (χ3v) is 3.54. The Morgan fingerprint density at radius 1 is 1.41 bits per heavy atom. The van der Waals surface area contributed by atoms with Crippen LogP contribution in [0.1, 0.15) is 16.9 Å². The second kappa shape index (κ2) is 5.88. The van der Waals surface area contributed by atoms with Crippen LogP contribution >= 0.6 is 0 Å². The Kier molecular flexibility index (Phi) is 3.78. The molecular formula is C15H17N5O2. The van der Waals surface area contributed by atoms with Gasteiger partial charge in [-0.25, -0.2) is 9.78 Å². The molecule has 0 unspecified atom stereocenters. The van der Waals surface area contributed by atoms with Crippen molar-refractivity contribution in [2.24, 2.45) is 7.05 Å².